The van der Waals surface area contributed by atoms with Crippen LogP contribution in [0.1, 0.15) is 110 Å². The molecule has 5 N–H and O–H groups in total. The van der Waals surface area contributed by atoms with E-state index in [-0.39, 0.29) is 38.0 Å². The fourth-order valence-corrected chi connectivity index (χ4v) is 3.96. The van der Waals surface area contributed by atoms with E-state index in [1.54, 1.807) is 7.05 Å². The van der Waals surface area contributed by atoms with Crippen LogP contribution in [-0.4, -0.2) is 67.3 Å². The van der Waals surface area contributed by atoms with Gasteiger partial charge in [0.25, 0.3) is 0 Å². The molecule has 0 radical (unpaired) electrons. The third kappa shape index (κ3) is 20.3. The highest BCUT2D eigenvalue weighted by atomic mass is 16.4. The summed E-state index contributed by atoms with van der Waals surface area (Å²) in [5, 5.41) is 19.8. The lowest BCUT2D eigenvalue weighted by Crippen LogP contribution is -2.54. The fraction of sp³-hybridized carbons (Fsp3) is 0.815. The van der Waals surface area contributed by atoms with Crippen LogP contribution in [-0.2, 0) is 24.0 Å². The Morgan fingerprint density at radius 1 is 0.730 bits per heavy atom. The largest absolute Gasteiger partial charge is 0.481 e. The van der Waals surface area contributed by atoms with Gasteiger partial charge in [0.1, 0.15) is 18.4 Å². The number of amides is 3. The third-order valence-electron chi connectivity index (χ3n) is 6.19. The summed E-state index contributed by atoms with van der Waals surface area (Å²) in [6, 6.07) is -2.02. The molecular formula is C27H50N4O6. The Labute approximate surface area is 222 Å². The maximum absolute atomic E-state index is 12.9. The Bertz CT molecular complexity index is 659. The summed E-state index contributed by atoms with van der Waals surface area (Å²) in [4.78, 5) is 59.6. The molecule has 0 aromatic rings. The zero-order valence-electron chi connectivity index (χ0n) is 22.9. The van der Waals surface area contributed by atoms with Crippen LogP contribution in [0.25, 0.3) is 0 Å². The first-order chi connectivity index (χ1) is 17.8. The summed E-state index contributed by atoms with van der Waals surface area (Å²) >= 11 is 0. The molecular weight excluding hydrogens is 476 g/mol. The number of hydrogen-bond donors (Lipinski definition) is 5. The zero-order valence-corrected chi connectivity index (χ0v) is 22.9. The Morgan fingerprint density at radius 3 is 1.84 bits per heavy atom. The highest BCUT2D eigenvalue weighted by Crippen LogP contribution is 2.12. The van der Waals surface area contributed by atoms with Gasteiger partial charge in [0.2, 0.25) is 17.7 Å². The van der Waals surface area contributed by atoms with E-state index in [0.29, 0.717) is 19.4 Å². The van der Waals surface area contributed by atoms with Crippen molar-refractivity contribution in [2.75, 3.05) is 20.1 Å². The van der Waals surface area contributed by atoms with Gasteiger partial charge in [0, 0.05) is 32.4 Å². The van der Waals surface area contributed by atoms with Crippen LogP contribution in [0.2, 0.25) is 0 Å². The molecule has 0 aromatic carbocycles. The number of nitrogens with one attached hydrogen (secondary N) is 4. The Balaban J connectivity index is 4.55. The SMILES string of the molecule is CCCCCCCCCCCCCC(=O)NC(CCC=O)C(=O)NC(CCC(=O)O)C(=O)NCCNC. The van der Waals surface area contributed by atoms with E-state index < -0.39 is 29.9 Å². The van der Waals surface area contributed by atoms with Crippen LogP contribution in [0.5, 0.6) is 0 Å². The van der Waals surface area contributed by atoms with Crippen molar-refractivity contribution in [3.63, 3.8) is 0 Å². The third-order valence-corrected chi connectivity index (χ3v) is 6.19. The summed E-state index contributed by atoms with van der Waals surface area (Å²) < 4.78 is 0. The molecule has 0 aliphatic rings. The molecule has 10 heteroatoms. The summed E-state index contributed by atoms with van der Waals surface area (Å²) in [7, 11) is 1.73. The number of carbonyl (C=O) groups is 5. The Morgan fingerprint density at radius 2 is 1.30 bits per heavy atom. The van der Waals surface area contributed by atoms with Gasteiger partial charge in [-0.25, -0.2) is 0 Å². The molecule has 0 rings (SSSR count). The van der Waals surface area contributed by atoms with Crippen molar-refractivity contribution < 1.29 is 29.1 Å². The van der Waals surface area contributed by atoms with Crippen LogP contribution < -0.4 is 21.3 Å². The smallest absolute Gasteiger partial charge is 0.303 e. The first-order valence-corrected chi connectivity index (χ1v) is 14.0. The first-order valence-electron chi connectivity index (χ1n) is 14.0. The Hall–Kier alpha value is -2.49. The quantitative estimate of drug-likeness (QED) is 0.0905. The second kappa shape index (κ2) is 23.9. The van der Waals surface area contributed by atoms with Gasteiger partial charge in [-0.05, 0) is 26.3 Å². The summed E-state index contributed by atoms with van der Waals surface area (Å²) in [6.07, 6.45) is 13.6. The normalized spacial score (nSPS) is 12.4. The molecule has 0 aliphatic heterocycles. The van der Waals surface area contributed by atoms with E-state index >= 15 is 0 Å². The minimum atomic E-state index is -1.08. The van der Waals surface area contributed by atoms with E-state index in [1.807, 2.05) is 0 Å². The molecule has 0 spiro atoms. The molecule has 0 heterocycles. The monoisotopic (exact) mass is 526 g/mol. The average Bonchev–Trinajstić information content (AvgIpc) is 2.87. The van der Waals surface area contributed by atoms with E-state index in [0.717, 1.165) is 25.7 Å². The fourth-order valence-electron chi connectivity index (χ4n) is 3.96. The van der Waals surface area contributed by atoms with Crippen molar-refractivity contribution in [1.82, 2.24) is 21.3 Å². The number of carboxylic acid groups (broad SMARTS) is 1. The number of rotatable bonds is 25. The van der Waals surface area contributed by atoms with Crippen LogP contribution in [0, 0.1) is 0 Å². The average molecular weight is 527 g/mol. The van der Waals surface area contributed by atoms with Gasteiger partial charge in [0.05, 0.1) is 0 Å². The standard InChI is InChI=1S/C27H50N4O6/c1-3-4-5-6-7-8-9-10-11-12-13-16-24(33)30-22(15-14-21-32)27(37)31-23(17-18-25(34)35)26(36)29-20-19-28-2/h21-23,28H,3-20H2,1-2H3,(H,29,36)(H,30,33)(H,31,37)(H,34,35). The lowest BCUT2D eigenvalue weighted by atomic mass is 10.0. The van der Waals surface area contributed by atoms with Crippen molar-refractivity contribution in [2.24, 2.45) is 0 Å². The molecule has 214 valence electrons. The maximum Gasteiger partial charge on any atom is 0.303 e. The maximum atomic E-state index is 12.9. The number of carboxylic acids is 1. The minimum Gasteiger partial charge on any atom is -0.481 e. The second-order valence-corrected chi connectivity index (χ2v) is 9.54. The van der Waals surface area contributed by atoms with Crippen molar-refractivity contribution in [3.8, 4) is 0 Å². The number of hydrogen-bond acceptors (Lipinski definition) is 6. The van der Waals surface area contributed by atoms with Gasteiger partial charge < -0.3 is 31.2 Å². The van der Waals surface area contributed by atoms with Crippen LogP contribution in [0.3, 0.4) is 0 Å². The van der Waals surface area contributed by atoms with Gasteiger partial charge in [-0.1, -0.05) is 71.1 Å². The first kappa shape index (κ1) is 34.5. The van der Waals surface area contributed by atoms with Crippen molar-refractivity contribution >= 4 is 30.0 Å². The molecule has 0 saturated carbocycles. The Kier molecular flexibility index (Phi) is 22.3. The lowest BCUT2D eigenvalue weighted by Gasteiger charge is -2.22. The molecule has 10 nitrogen and oxygen atoms in total. The highest BCUT2D eigenvalue weighted by molar-refractivity contribution is 5.92. The molecule has 37 heavy (non-hydrogen) atoms. The van der Waals surface area contributed by atoms with Gasteiger partial charge in [0.15, 0.2) is 0 Å². The van der Waals surface area contributed by atoms with Crippen LogP contribution in [0.15, 0.2) is 0 Å². The minimum absolute atomic E-state index is 0.0744. The van der Waals surface area contributed by atoms with Crippen molar-refractivity contribution in [3.05, 3.63) is 0 Å². The van der Waals surface area contributed by atoms with E-state index in [2.05, 4.69) is 28.2 Å². The van der Waals surface area contributed by atoms with Gasteiger partial charge in [-0.3, -0.25) is 19.2 Å². The zero-order chi connectivity index (χ0) is 27.7. The molecule has 0 saturated heterocycles. The number of aliphatic carboxylic acids is 1. The second-order valence-electron chi connectivity index (χ2n) is 9.54. The lowest BCUT2D eigenvalue weighted by molar-refractivity contribution is -0.138. The van der Waals surface area contributed by atoms with Gasteiger partial charge in [-0.15, -0.1) is 0 Å². The van der Waals surface area contributed by atoms with Gasteiger partial charge >= 0.3 is 5.97 Å². The molecule has 0 aliphatic carbocycles. The van der Waals surface area contributed by atoms with Crippen LogP contribution >= 0.6 is 0 Å². The molecule has 2 unspecified atom stereocenters. The van der Waals surface area contributed by atoms with Gasteiger partial charge in [-0.2, -0.15) is 0 Å². The number of carbonyl (C=O) groups excluding carboxylic acids is 4. The van der Waals surface area contributed by atoms with Crippen molar-refractivity contribution in [2.45, 2.75) is 122 Å². The highest BCUT2D eigenvalue weighted by Gasteiger charge is 2.26. The van der Waals surface area contributed by atoms with E-state index in [9.17, 15) is 24.0 Å². The molecule has 0 fully saturated rings. The van der Waals surface area contributed by atoms with Crippen molar-refractivity contribution in [1.29, 1.82) is 0 Å². The number of unbranched alkanes of at least 4 members (excludes halogenated alkanes) is 10. The van der Waals surface area contributed by atoms with E-state index in [1.165, 1.54) is 44.9 Å². The predicted octanol–water partition coefficient (Wildman–Crippen LogP) is 2.84. The molecule has 0 bridgehead atoms. The molecule has 2 atom stereocenters. The summed E-state index contributed by atoms with van der Waals surface area (Å²) in [5.74, 6) is -2.46. The summed E-state index contributed by atoms with van der Waals surface area (Å²) in [6.45, 7) is 3.05. The van der Waals surface area contributed by atoms with Crippen LogP contribution in [0.4, 0.5) is 0 Å². The predicted molar refractivity (Wildman–Crippen MR) is 144 cm³/mol. The summed E-state index contributed by atoms with van der Waals surface area (Å²) in [5.41, 5.74) is 0. The molecule has 0 aromatic heterocycles. The number of likely N-dealkylation sites (N-methyl/N-ethyl adjacent to an activating group) is 1. The van der Waals surface area contributed by atoms with E-state index in [4.69, 9.17) is 5.11 Å². The molecule has 3 amide bonds. The number of aldehydes is 1. The topological polar surface area (TPSA) is 154 Å².